The van der Waals surface area contributed by atoms with Gasteiger partial charge in [0.15, 0.2) is 11.6 Å². The van der Waals surface area contributed by atoms with Crippen molar-refractivity contribution in [2.24, 2.45) is 0 Å². The molecule has 1 aliphatic rings. The number of hydrogen-bond acceptors (Lipinski definition) is 3. The van der Waals surface area contributed by atoms with Gasteiger partial charge in [-0.1, -0.05) is 6.07 Å². The second-order valence-electron chi connectivity index (χ2n) is 9.17. The molecule has 5 rings (SSSR count). The fraction of sp³-hybridized carbons (Fsp3) is 0.370. The van der Waals surface area contributed by atoms with E-state index in [9.17, 15) is 8.78 Å². The van der Waals surface area contributed by atoms with Crippen molar-refractivity contribution in [1.29, 1.82) is 0 Å². The smallest absolute Gasteiger partial charge is 0.159 e. The second-order valence-corrected chi connectivity index (χ2v) is 9.17. The number of nitrogens with one attached hydrogen (secondary N) is 1. The lowest BCUT2D eigenvalue weighted by Crippen LogP contribution is -2.47. The summed E-state index contributed by atoms with van der Waals surface area (Å²) in [6, 6.07) is 10.7. The van der Waals surface area contributed by atoms with Gasteiger partial charge in [0.1, 0.15) is 5.82 Å². The SMILES string of the molecule is Cc1nccn1-c1ccc2[nH]cc(CCCN3CCN(CCc4ccc(F)c(F)c4)CC3)c2c1. The van der Waals surface area contributed by atoms with E-state index in [1.807, 2.05) is 19.3 Å². The van der Waals surface area contributed by atoms with Crippen molar-refractivity contribution in [3.8, 4) is 5.69 Å². The molecule has 0 unspecified atom stereocenters. The monoisotopic (exact) mass is 463 g/mol. The summed E-state index contributed by atoms with van der Waals surface area (Å²) in [7, 11) is 0. The number of rotatable bonds is 8. The first-order valence-electron chi connectivity index (χ1n) is 12.1. The summed E-state index contributed by atoms with van der Waals surface area (Å²) in [6.45, 7) is 8.13. The number of hydrogen-bond donors (Lipinski definition) is 1. The van der Waals surface area contributed by atoms with E-state index in [1.54, 1.807) is 6.07 Å². The minimum absolute atomic E-state index is 0.748. The largest absolute Gasteiger partial charge is 0.361 e. The topological polar surface area (TPSA) is 40.1 Å². The van der Waals surface area contributed by atoms with E-state index in [2.05, 4.69) is 48.7 Å². The van der Waals surface area contributed by atoms with Gasteiger partial charge in [-0.15, -0.1) is 0 Å². The molecule has 0 amide bonds. The number of benzene rings is 2. The molecule has 4 aromatic rings. The fourth-order valence-corrected chi connectivity index (χ4v) is 4.89. The van der Waals surface area contributed by atoms with E-state index >= 15 is 0 Å². The van der Waals surface area contributed by atoms with E-state index in [0.717, 1.165) is 75.6 Å². The molecule has 3 heterocycles. The van der Waals surface area contributed by atoms with Crippen LogP contribution in [-0.4, -0.2) is 63.6 Å². The first-order chi connectivity index (χ1) is 16.6. The van der Waals surface area contributed by atoms with Crippen LogP contribution in [0.15, 0.2) is 55.0 Å². The third-order valence-electron chi connectivity index (χ3n) is 6.94. The Balaban J connectivity index is 1.09. The summed E-state index contributed by atoms with van der Waals surface area (Å²) in [6.07, 6.45) is 8.89. The number of H-pyrrole nitrogens is 1. The number of aryl methyl sites for hydroxylation is 2. The highest BCUT2D eigenvalue weighted by Gasteiger charge is 2.17. The normalized spacial score (nSPS) is 15.4. The van der Waals surface area contributed by atoms with Crippen molar-refractivity contribution in [2.75, 3.05) is 39.3 Å². The van der Waals surface area contributed by atoms with Gasteiger partial charge in [0.05, 0.1) is 0 Å². The highest BCUT2D eigenvalue weighted by Crippen LogP contribution is 2.24. The molecule has 1 aliphatic heterocycles. The highest BCUT2D eigenvalue weighted by molar-refractivity contribution is 5.85. The van der Waals surface area contributed by atoms with Crippen molar-refractivity contribution < 1.29 is 8.78 Å². The van der Waals surface area contributed by atoms with Gasteiger partial charge in [-0.2, -0.15) is 0 Å². The number of aromatic amines is 1. The summed E-state index contributed by atoms with van der Waals surface area (Å²) >= 11 is 0. The lowest BCUT2D eigenvalue weighted by atomic mass is 10.1. The van der Waals surface area contributed by atoms with Crippen LogP contribution >= 0.6 is 0 Å². The quantitative estimate of drug-likeness (QED) is 0.411. The van der Waals surface area contributed by atoms with Crippen molar-refractivity contribution in [1.82, 2.24) is 24.3 Å². The molecule has 0 atom stereocenters. The van der Waals surface area contributed by atoms with Gasteiger partial charge in [0.25, 0.3) is 0 Å². The van der Waals surface area contributed by atoms with Gasteiger partial charge < -0.3 is 19.4 Å². The van der Waals surface area contributed by atoms with Crippen LogP contribution in [0.2, 0.25) is 0 Å². The van der Waals surface area contributed by atoms with Gasteiger partial charge in [0, 0.05) is 67.9 Å². The van der Waals surface area contributed by atoms with Crippen LogP contribution in [0.25, 0.3) is 16.6 Å². The van der Waals surface area contributed by atoms with Gasteiger partial charge in [-0.05, 0) is 74.2 Å². The molecule has 2 aromatic heterocycles. The molecule has 0 radical (unpaired) electrons. The maximum Gasteiger partial charge on any atom is 0.159 e. The van der Waals surface area contributed by atoms with E-state index in [0.29, 0.717) is 0 Å². The average molecular weight is 464 g/mol. The Bertz CT molecular complexity index is 1250. The summed E-state index contributed by atoms with van der Waals surface area (Å²) in [5.41, 5.74) is 4.53. The molecule has 0 aliphatic carbocycles. The summed E-state index contributed by atoms with van der Waals surface area (Å²) in [4.78, 5) is 12.7. The summed E-state index contributed by atoms with van der Waals surface area (Å²) < 4.78 is 28.6. The predicted molar refractivity (Wildman–Crippen MR) is 131 cm³/mol. The van der Waals surface area contributed by atoms with Crippen molar-refractivity contribution in [3.05, 3.63) is 83.6 Å². The molecule has 2 aromatic carbocycles. The standard InChI is InChI=1S/C27H31F2N5/c1-20-30-9-12-34(20)23-5-7-27-24(18-23)22(19-31-27)3-2-10-32-13-15-33(16-14-32)11-8-21-4-6-25(28)26(29)17-21/h4-7,9,12,17-19,31H,2-3,8,10-11,13-16H2,1H3. The molecule has 0 spiro atoms. The molecule has 1 fully saturated rings. The van der Waals surface area contributed by atoms with Crippen molar-refractivity contribution in [2.45, 2.75) is 26.2 Å². The van der Waals surface area contributed by atoms with E-state index < -0.39 is 11.6 Å². The third-order valence-corrected chi connectivity index (χ3v) is 6.94. The lowest BCUT2D eigenvalue weighted by molar-refractivity contribution is 0.132. The minimum Gasteiger partial charge on any atom is -0.361 e. The zero-order valence-electron chi connectivity index (χ0n) is 19.6. The molecule has 1 N–H and O–H groups in total. The van der Waals surface area contributed by atoms with Gasteiger partial charge in [-0.3, -0.25) is 0 Å². The number of fused-ring (bicyclic) bond motifs is 1. The molecule has 0 bridgehead atoms. The predicted octanol–water partition coefficient (Wildman–Crippen LogP) is 4.73. The molecule has 178 valence electrons. The summed E-state index contributed by atoms with van der Waals surface area (Å²) in [5, 5.41) is 1.28. The first-order valence-corrected chi connectivity index (χ1v) is 12.1. The molecule has 34 heavy (non-hydrogen) atoms. The Kier molecular flexibility index (Phi) is 6.74. The lowest BCUT2D eigenvalue weighted by Gasteiger charge is -2.34. The molecular formula is C27H31F2N5. The van der Waals surface area contributed by atoms with Crippen LogP contribution in [0.5, 0.6) is 0 Å². The van der Waals surface area contributed by atoms with E-state index in [1.165, 1.54) is 28.6 Å². The Morgan fingerprint density at radius 1 is 0.912 bits per heavy atom. The van der Waals surface area contributed by atoms with Gasteiger partial charge in [0.2, 0.25) is 0 Å². The Hall–Kier alpha value is -3.03. The number of aromatic nitrogens is 3. The zero-order chi connectivity index (χ0) is 23.5. The van der Waals surface area contributed by atoms with Crippen LogP contribution in [0, 0.1) is 18.6 Å². The fourth-order valence-electron chi connectivity index (χ4n) is 4.89. The second kappa shape index (κ2) is 10.1. The van der Waals surface area contributed by atoms with Crippen molar-refractivity contribution in [3.63, 3.8) is 0 Å². The van der Waals surface area contributed by atoms with Gasteiger partial charge >= 0.3 is 0 Å². The summed E-state index contributed by atoms with van der Waals surface area (Å²) in [5.74, 6) is -0.551. The van der Waals surface area contributed by atoms with Crippen LogP contribution in [0.1, 0.15) is 23.4 Å². The Morgan fingerprint density at radius 2 is 1.71 bits per heavy atom. The zero-order valence-corrected chi connectivity index (χ0v) is 19.6. The molecular weight excluding hydrogens is 432 g/mol. The average Bonchev–Trinajstić information content (AvgIpc) is 3.46. The third kappa shape index (κ3) is 5.05. The van der Waals surface area contributed by atoms with Gasteiger partial charge in [-0.25, -0.2) is 13.8 Å². The minimum atomic E-state index is -0.779. The maximum absolute atomic E-state index is 13.4. The number of halogens is 2. The molecule has 1 saturated heterocycles. The van der Waals surface area contributed by atoms with Crippen LogP contribution in [-0.2, 0) is 12.8 Å². The first kappa shape index (κ1) is 22.7. The highest BCUT2D eigenvalue weighted by atomic mass is 19.2. The maximum atomic E-state index is 13.4. The molecule has 7 heteroatoms. The van der Waals surface area contributed by atoms with Crippen LogP contribution in [0.4, 0.5) is 8.78 Å². The van der Waals surface area contributed by atoms with Crippen LogP contribution in [0.3, 0.4) is 0 Å². The number of piperazine rings is 1. The van der Waals surface area contributed by atoms with E-state index in [-0.39, 0.29) is 0 Å². The Labute approximate surface area is 199 Å². The van der Waals surface area contributed by atoms with E-state index in [4.69, 9.17) is 0 Å². The number of imidazole rings is 1. The Morgan fingerprint density at radius 3 is 2.44 bits per heavy atom. The van der Waals surface area contributed by atoms with Crippen LogP contribution < -0.4 is 0 Å². The van der Waals surface area contributed by atoms with Crippen molar-refractivity contribution >= 4 is 10.9 Å². The number of nitrogens with zero attached hydrogens (tertiary/aromatic N) is 4. The molecule has 5 nitrogen and oxygen atoms in total. The molecule has 0 saturated carbocycles.